The van der Waals surface area contributed by atoms with Crippen molar-refractivity contribution in [1.29, 1.82) is 0 Å². The predicted molar refractivity (Wildman–Crippen MR) is 128 cm³/mol. The fourth-order valence-corrected chi connectivity index (χ4v) is 7.52. The van der Waals surface area contributed by atoms with Crippen LogP contribution < -0.4 is 10.9 Å². The second kappa shape index (κ2) is 10.2. The molecule has 0 unspecified atom stereocenters. The van der Waals surface area contributed by atoms with Crippen LogP contribution in [0, 0.1) is 12.8 Å². The van der Waals surface area contributed by atoms with Gasteiger partial charge in [0.05, 0.1) is 16.3 Å². The van der Waals surface area contributed by atoms with Gasteiger partial charge in [-0.3, -0.25) is 9.59 Å². The van der Waals surface area contributed by atoms with Gasteiger partial charge in [0.25, 0.3) is 5.56 Å². The van der Waals surface area contributed by atoms with E-state index in [9.17, 15) is 18.0 Å². The van der Waals surface area contributed by atoms with Gasteiger partial charge in [-0.25, -0.2) is 13.4 Å². The number of rotatable bonds is 7. The van der Waals surface area contributed by atoms with Gasteiger partial charge >= 0.3 is 0 Å². The van der Waals surface area contributed by atoms with Crippen molar-refractivity contribution in [2.45, 2.75) is 68.1 Å². The number of nitrogens with zero attached hydrogens (tertiary/aromatic N) is 2. The number of hydrogen-bond donors (Lipinski definition) is 1. The standard InChI is InChI=1S/C22H28ClN3O5S2/c1-14-10-17(33(29,30)16-4-2-3-5-16)12-20(27)26(14)18(11-15-6-8-31-9-7-15)21(28)25-22-24-13-19(23)32-22/h10,12-13,15-16,18H,2-9,11H2,1H3,(H,24,25,28)/t18-/m0/s1. The highest BCUT2D eigenvalue weighted by Crippen LogP contribution is 2.31. The molecule has 0 radical (unpaired) electrons. The van der Waals surface area contributed by atoms with Gasteiger partial charge in [0.15, 0.2) is 15.0 Å². The van der Waals surface area contributed by atoms with E-state index in [0.717, 1.165) is 37.0 Å². The van der Waals surface area contributed by atoms with Crippen molar-refractivity contribution in [2.24, 2.45) is 5.92 Å². The summed E-state index contributed by atoms with van der Waals surface area (Å²) in [5, 5.41) is 2.68. The number of aromatic nitrogens is 2. The summed E-state index contributed by atoms with van der Waals surface area (Å²) in [6.45, 7) is 2.92. The van der Waals surface area contributed by atoms with Gasteiger partial charge in [0.1, 0.15) is 10.4 Å². The van der Waals surface area contributed by atoms with Crippen LogP contribution in [0.15, 0.2) is 28.0 Å². The number of halogens is 1. The van der Waals surface area contributed by atoms with Gasteiger partial charge in [0, 0.05) is 25.0 Å². The average molecular weight is 514 g/mol. The molecule has 0 spiro atoms. The first-order chi connectivity index (χ1) is 15.8. The molecule has 1 aliphatic heterocycles. The molecule has 1 saturated carbocycles. The molecule has 8 nitrogen and oxygen atoms in total. The Morgan fingerprint density at radius 1 is 1.27 bits per heavy atom. The molecule has 180 valence electrons. The Hall–Kier alpha value is -1.75. The lowest BCUT2D eigenvalue weighted by Gasteiger charge is -2.28. The van der Waals surface area contributed by atoms with Gasteiger partial charge in [-0.2, -0.15) is 0 Å². The van der Waals surface area contributed by atoms with Crippen molar-refractivity contribution in [1.82, 2.24) is 9.55 Å². The Labute approximate surface area is 202 Å². The minimum absolute atomic E-state index is 0.0464. The lowest BCUT2D eigenvalue weighted by molar-refractivity contribution is -0.120. The summed E-state index contributed by atoms with van der Waals surface area (Å²) in [6, 6.07) is 1.90. The van der Waals surface area contributed by atoms with Crippen LogP contribution >= 0.6 is 22.9 Å². The van der Waals surface area contributed by atoms with E-state index in [1.54, 1.807) is 6.92 Å². The van der Waals surface area contributed by atoms with Crippen LogP contribution in [0.25, 0.3) is 0 Å². The third-order valence-corrected chi connectivity index (χ3v) is 9.80. The summed E-state index contributed by atoms with van der Waals surface area (Å²) in [7, 11) is -3.57. The van der Waals surface area contributed by atoms with Crippen LogP contribution in [-0.4, -0.2) is 42.3 Å². The van der Waals surface area contributed by atoms with E-state index in [-0.39, 0.29) is 16.7 Å². The zero-order chi connectivity index (χ0) is 23.6. The predicted octanol–water partition coefficient (Wildman–Crippen LogP) is 3.98. The number of aryl methyl sites for hydroxylation is 1. The fraction of sp³-hybridized carbons (Fsp3) is 0.591. The SMILES string of the molecule is Cc1cc(S(=O)(=O)C2CCCC2)cc(=O)n1[C@@H](CC1CCOCC1)C(=O)Nc1ncc(Cl)s1. The van der Waals surface area contributed by atoms with Crippen molar-refractivity contribution in [3.8, 4) is 0 Å². The fourth-order valence-electron chi connectivity index (χ4n) is 4.77. The maximum absolute atomic E-state index is 13.3. The zero-order valence-electron chi connectivity index (χ0n) is 18.5. The Balaban J connectivity index is 1.67. The molecule has 2 fully saturated rings. The number of carbonyl (C=O) groups excluding carboxylic acids is 1. The molecule has 1 saturated heterocycles. The van der Waals surface area contributed by atoms with E-state index < -0.39 is 26.7 Å². The first-order valence-corrected chi connectivity index (χ1v) is 14.0. The highest BCUT2D eigenvalue weighted by atomic mass is 35.5. The summed E-state index contributed by atoms with van der Waals surface area (Å²) in [5.41, 5.74) is -0.0422. The maximum atomic E-state index is 13.3. The first-order valence-electron chi connectivity index (χ1n) is 11.2. The molecular formula is C22H28ClN3O5S2. The molecule has 2 aliphatic rings. The minimum atomic E-state index is -3.57. The van der Waals surface area contributed by atoms with Crippen LogP contribution in [0.1, 0.15) is 56.7 Å². The number of sulfone groups is 1. The van der Waals surface area contributed by atoms with Crippen LogP contribution in [0.2, 0.25) is 4.34 Å². The first kappa shape index (κ1) is 24.4. The van der Waals surface area contributed by atoms with E-state index in [0.29, 0.717) is 47.6 Å². The van der Waals surface area contributed by atoms with Crippen LogP contribution in [0.5, 0.6) is 0 Å². The highest BCUT2D eigenvalue weighted by Gasteiger charge is 2.33. The molecule has 2 aromatic rings. The molecular weight excluding hydrogens is 486 g/mol. The molecule has 4 rings (SSSR count). The van der Waals surface area contributed by atoms with E-state index >= 15 is 0 Å². The molecule has 1 aliphatic carbocycles. The number of amides is 1. The number of thiazole rings is 1. The lowest BCUT2D eigenvalue weighted by atomic mass is 9.91. The molecule has 11 heteroatoms. The Morgan fingerprint density at radius 3 is 2.58 bits per heavy atom. The van der Waals surface area contributed by atoms with Gasteiger partial charge in [-0.05, 0) is 51.0 Å². The van der Waals surface area contributed by atoms with Gasteiger partial charge in [-0.15, -0.1) is 0 Å². The van der Waals surface area contributed by atoms with Gasteiger partial charge in [-0.1, -0.05) is 35.8 Å². The molecule has 3 heterocycles. The second-order valence-electron chi connectivity index (χ2n) is 8.76. The summed E-state index contributed by atoms with van der Waals surface area (Å²) in [4.78, 5) is 30.6. The summed E-state index contributed by atoms with van der Waals surface area (Å²) in [6.07, 6.45) is 6.51. The largest absolute Gasteiger partial charge is 0.381 e. The Bertz CT molecular complexity index is 1160. The lowest BCUT2D eigenvalue weighted by Crippen LogP contribution is -2.37. The maximum Gasteiger partial charge on any atom is 0.252 e. The molecule has 1 amide bonds. The van der Waals surface area contributed by atoms with Crippen LogP contribution in [-0.2, 0) is 19.4 Å². The minimum Gasteiger partial charge on any atom is -0.381 e. The van der Waals surface area contributed by atoms with Crippen molar-refractivity contribution in [3.05, 3.63) is 38.7 Å². The summed E-state index contributed by atoms with van der Waals surface area (Å²) >= 11 is 7.08. The Morgan fingerprint density at radius 2 is 1.97 bits per heavy atom. The number of hydrogen-bond acceptors (Lipinski definition) is 7. The van der Waals surface area contributed by atoms with E-state index in [1.807, 2.05) is 0 Å². The third kappa shape index (κ3) is 5.50. The molecule has 0 bridgehead atoms. The van der Waals surface area contributed by atoms with Crippen molar-refractivity contribution < 1.29 is 17.9 Å². The molecule has 1 atom stereocenters. The molecule has 2 aromatic heterocycles. The van der Waals surface area contributed by atoms with Crippen molar-refractivity contribution >= 4 is 43.8 Å². The summed E-state index contributed by atoms with van der Waals surface area (Å²) in [5.74, 6) is -0.160. The molecule has 1 N–H and O–H groups in total. The van der Waals surface area contributed by atoms with Crippen LogP contribution in [0.3, 0.4) is 0 Å². The highest BCUT2D eigenvalue weighted by molar-refractivity contribution is 7.92. The quantitative estimate of drug-likeness (QED) is 0.600. The van der Waals surface area contributed by atoms with Crippen molar-refractivity contribution in [3.63, 3.8) is 0 Å². The van der Waals surface area contributed by atoms with E-state index in [1.165, 1.54) is 22.9 Å². The van der Waals surface area contributed by atoms with Crippen LogP contribution in [0.4, 0.5) is 5.13 Å². The zero-order valence-corrected chi connectivity index (χ0v) is 20.8. The van der Waals surface area contributed by atoms with Gasteiger partial charge < -0.3 is 14.6 Å². The third-order valence-electron chi connectivity index (χ3n) is 6.52. The smallest absolute Gasteiger partial charge is 0.252 e. The molecule has 0 aromatic carbocycles. The second-order valence-corrected chi connectivity index (χ2v) is 12.6. The molecule has 33 heavy (non-hydrogen) atoms. The number of nitrogens with one attached hydrogen (secondary N) is 1. The normalized spacial score (nSPS) is 19.0. The van der Waals surface area contributed by atoms with Gasteiger partial charge in [0.2, 0.25) is 5.91 Å². The van der Waals surface area contributed by atoms with Crippen molar-refractivity contribution in [2.75, 3.05) is 18.5 Å². The topological polar surface area (TPSA) is 107 Å². The van der Waals surface area contributed by atoms with E-state index in [4.69, 9.17) is 16.3 Å². The number of carbonyl (C=O) groups is 1. The van der Waals surface area contributed by atoms with E-state index in [2.05, 4.69) is 10.3 Å². The monoisotopic (exact) mass is 513 g/mol. The summed E-state index contributed by atoms with van der Waals surface area (Å²) < 4.78 is 33.4. The Kier molecular flexibility index (Phi) is 7.57. The number of anilines is 1. The average Bonchev–Trinajstić information content (AvgIpc) is 3.45. The number of ether oxygens (including phenoxy) is 1. The number of pyridine rings is 1.